The molecule has 1 aromatic heterocycles. The van der Waals surface area contributed by atoms with Crippen LogP contribution in [-0.2, 0) is 6.54 Å². The Labute approximate surface area is 94.2 Å². The van der Waals surface area contributed by atoms with Crippen molar-refractivity contribution in [3.8, 4) is 0 Å². The van der Waals surface area contributed by atoms with Crippen LogP contribution in [0.5, 0.6) is 0 Å². The van der Waals surface area contributed by atoms with Crippen LogP contribution < -0.4 is 0 Å². The molecule has 0 aliphatic rings. The van der Waals surface area contributed by atoms with Gasteiger partial charge in [0, 0.05) is 12.6 Å². The molecule has 2 aromatic carbocycles. The SMILES string of the molecule is [c]1cccc2ncn(Cc3ccccc3)c12. The lowest BCUT2D eigenvalue weighted by Gasteiger charge is -2.03. The van der Waals surface area contributed by atoms with Crippen molar-refractivity contribution in [2.24, 2.45) is 0 Å². The highest BCUT2D eigenvalue weighted by Crippen LogP contribution is 2.13. The third kappa shape index (κ3) is 1.58. The summed E-state index contributed by atoms with van der Waals surface area (Å²) in [7, 11) is 0. The quantitative estimate of drug-likeness (QED) is 0.631. The summed E-state index contributed by atoms with van der Waals surface area (Å²) in [5.41, 5.74) is 3.34. The van der Waals surface area contributed by atoms with Crippen molar-refractivity contribution in [3.63, 3.8) is 0 Å². The first-order valence-corrected chi connectivity index (χ1v) is 5.29. The third-order valence-corrected chi connectivity index (χ3v) is 2.63. The highest BCUT2D eigenvalue weighted by molar-refractivity contribution is 5.74. The Balaban J connectivity index is 2.01. The number of imidazole rings is 1. The van der Waals surface area contributed by atoms with E-state index < -0.39 is 0 Å². The first-order valence-electron chi connectivity index (χ1n) is 5.29. The monoisotopic (exact) mass is 207 g/mol. The van der Waals surface area contributed by atoms with Gasteiger partial charge in [0.25, 0.3) is 0 Å². The van der Waals surface area contributed by atoms with Crippen LogP contribution in [0, 0.1) is 6.07 Å². The summed E-state index contributed by atoms with van der Waals surface area (Å²) in [5, 5.41) is 0. The lowest BCUT2D eigenvalue weighted by molar-refractivity contribution is 0.824. The summed E-state index contributed by atoms with van der Waals surface area (Å²) in [6.07, 6.45) is 1.87. The van der Waals surface area contributed by atoms with E-state index in [1.807, 2.05) is 30.6 Å². The zero-order chi connectivity index (χ0) is 10.8. The van der Waals surface area contributed by atoms with Crippen molar-refractivity contribution < 1.29 is 0 Å². The largest absolute Gasteiger partial charge is 0.326 e. The minimum Gasteiger partial charge on any atom is -0.326 e. The van der Waals surface area contributed by atoms with E-state index in [0.717, 1.165) is 17.6 Å². The van der Waals surface area contributed by atoms with Gasteiger partial charge in [-0.3, -0.25) is 0 Å². The van der Waals surface area contributed by atoms with Gasteiger partial charge in [-0.2, -0.15) is 0 Å². The van der Waals surface area contributed by atoms with Gasteiger partial charge in [-0.25, -0.2) is 4.98 Å². The van der Waals surface area contributed by atoms with Gasteiger partial charge in [0.1, 0.15) is 0 Å². The number of aromatic nitrogens is 2. The van der Waals surface area contributed by atoms with E-state index in [4.69, 9.17) is 0 Å². The van der Waals surface area contributed by atoms with Crippen LogP contribution in [0.4, 0.5) is 0 Å². The predicted octanol–water partition coefficient (Wildman–Crippen LogP) is 2.88. The van der Waals surface area contributed by atoms with Gasteiger partial charge >= 0.3 is 0 Å². The minimum atomic E-state index is 0.845. The van der Waals surface area contributed by atoms with Crippen LogP contribution in [0.2, 0.25) is 0 Å². The molecule has 3 aromatic rings. The van der Waals surface area contributed by atoms with E-state index in [1.165, 1.54) is 5.56 Å². The van der Waals surface area contributed by atoms with Crippen LogP contribution in [0.25, 0.3) is 11.0 Å². The Kier molecular flexibility index (Phi) is 2.18. The van der Waals surface area contributed by atoms with Gasteiger partial charge < -0.3 is 4.57 Å². The van der Waals surface area contributed by atoms with Crippen LogP contribution in [0.1, 0.15) is 5.56 Å². The van der Waals surface area contributed by atoms with E-state index in [1.54, 1.807) is 0 Å². The smallest absolute Gasteiger partial charge is 0.0961 e. The Morgan fingerprint density at radius 1 is 1.06 bits per heavy atom. The van der Waals surface area contributed by atoms with E-state index >= 15 is 0 Å². The van der Waals surface area contributed by atoms with Crippen molar-refractivity contribution in [3.05, 3.63) is 66.5 Å². The molecule has 0 unspecified atom stereocenters. The number of hydrogen-bond acceptors (Lipinski definition) is 1. The molecule has 1 radical (unpaired) electrons. The Morgan fingerprint density at radius 3 is 2.81 bits per heavy atom. The van der Waals surface area contributed by atoms with Crippen LogP contribution in [0.3, 0.4) is 0 Å². The molecule has 0 saturated heterocycles. The molecule has 0 bridgehead atoms. The molecule has 0 atom stereocenters. The zero-order valence-electron chi connectivity index (χ0n) is 8.80. The first-order chi connectivity index (χ1) is 7.93. The summed E-state index contributed by atoms with van der Waals surface area (Å²) < 4.78 is 2.12. The van der Waals surface area contributed by atoms with Crippen LogP contribution in [-0.4, -0.2) is 9.55 Å². The van der Waals surface area contributed by atoms with E-state index in [-0.39, 0.29) is 0 Å². The highest BCUT2D eigenvalue weighted by Gasteiger charge is 2.01. The average Bonchev–Trinajstić information content (AvgIpc) is 2.74. The first kappa shape index (κ1) is 9.16. The molecule has 77 valence electrons. The number of rotatable bonds is 2. The number of para-hydroxylation sites is 1. The zero-order valence-corrected chi connectivity index (χ0v) is 8.80. The molecule has 3 rings (SSSR count). The number of hydrogen-bond donors (Lipinski definition) is 0. The molecule has 0 aliphatic heterocycles. The molecule has 1 heterocycles. The molecule has 0 amide bonds. The second-order valence-corrected chi connectivity index (χ2v) is 3.76. The molecule has 0 N–H and O–H groups in total. The van der Waals surface area contributed by atoms with E-state index in [0.29, 0.717) is 0 Å². The van der Waals surface area contributed by atoms with Crippen molar-refractivity contribution in [1.29, 1.82) is 0 Å². The fourth-order valence-corrected chi connectivity index (χ4v) is 1.84. The summed E-state index contributed by atoms with van der Waals surface area (Å²) in [6.45, 7) is 0.845. The predicted molar refractivity (Wildman–Crippen MR) is 64.1 cm³/mol. The van der Waals surface area contributed by atoms with Gasteiger partial charge in [0.15, 0.2) is 0 Å². The number of fused-ring (bicyclic) bond motifs is 1. The van der Waals surface area contributed by atoms with Crippen molar-refractivity contribution in [2.75, 3.05) is 0 Å². The number of nitrogens with zero attached hydrogens (tertiary/aromatic N) is 2. The Morgan fingerprint density at radius 2 is 1.94 bits per heavy atom. The molecular weight excluding hydrogens is 196 g/mol. The summed E-state index contributed by atoms with van der Waals surface area (Å²) in [5.74, 6) is 0. The second kappa shape index (κ2) is 3.81. The normalized spacial score (nSPS) is 10.8. The molecule has 2 nitrogen and oxygen atoms in total. The van der Waals surface area contributed by atoms with Crippen molar-refractivity contribution >= 4 is 11.0 Å². The maximum atomic E-state index is 4.35. The average molecular weight is 207 g/mol. The van der Waals surface area contributed by atoms with E-state index in [2.05, 4.69) is 39.9 Å². The topological polar surface area (TPSA) is 17.8 Å². The maximum Gasteiger partial charge on any atom is 0.0961 e. The highest BCUT2D eigenvalue weighted by atomic mass is 15.0. The van der Waals surface area contributed by atoms with Gasteiger partial charge in [0.2, 0.25) is 0 Å². The molecule has 2 heteroatoms. The van der Waals surface area contributed by atoms with Crippen molar-refractivity contribution in [1.82, 2.24) is 9.55 Å². The molecule has 0 aliphatic carbocycles. The molecule has 16 heavy (non-hydrogen) atoms. The van der Waals surface area contributed by atoms with Crippen LogP contribution in [0.15, 0.2) is 54.9 Å². The standard InChI is InChI=1S/C14H11N2/c1-2-6-12(7-3-1)10-16-11-15-13-8-4-5-9-14(13)16/h1-8,11H,10H2. The summed E-state index contributed by atoms with van der Waals surface area (Å²) in [4.78, 5) is 4.35. The fraction of sp³-hybridized carbons (Fsp3) is 0.0714. The summed E-state index contributed by atoms with van der Waals surface area (Å²) >= 11 is 0. The lowest BCUT2D eigenvalue weighted by atomic mass is 10.2. The Hall–Kier alpha value is -2.09. The van der Waals surface area contributed by atoms with Gasteiger partial charge in [0.05, 0.1) is 17.4 Å². The molecular formula is C14H11N2. The molecule has 0 spiro atoms. The molecule has 0 fully saturated rings. The lowest BCUT2D eigenvalue weighted by Crippen LogP contribution is -1.97. The fourth-order valence-electron chi connectivity index (χ4n) is 1.84. The van der Waals surface area contributed by atoms with Gasteiger partial charge in [-0.05, 0) is 11.6 Å². The second-order valence-electron chi connectivity index (χ2n) is 3.76. The maximum absolute atomic E-state index is 4.35. The molecule has 0 saturated carbocycles. The number of benzene rings is 2. The minimum absolute atomic E-state index is 0.845. The van der Waals surface area contributed by atoms with Gasteiger partial charge in [-0.1, -0.05) is 42.5 Å². The van der Waals surface area contributed by atoms with Gasteiger partial charge in [-0.15, -0.1) is 0 Å². The Bertz CT molecular complexity index is 596. The summed E-state index contributed by atoms with van der Waals surface area (Å²) in [6, 6.07) is 19.5. The third-order valence-electron chi connectivity index (χ3n) is 2.63. The van der Waals surface area contributed by atoms with E-state index in [9.17, 15) is 0 Å². The van der Waals surface area contributed by atoms with Crippen molar-refractivity contribution in [2.45, 2.75) is 6.54 Å². The van der Waals surface area contributed by atoms with Crippen LogP contribution >= 0.6 is 0 Å².